The lowest BCUT2D eigenvalue weighted by Gasteiger charge is -2.59. The highest BCUT2D eigenvalue weighted by atomic mass is 17.3. The van der Waals surface area contributed by atoms with E-state index in [-0.39, 0.29) is 42.9 Å². The van der Waals surface area contributed by atoms with Gasteiger partial charge in [0.25, 0.3) is 0 Å². The average molecular weight is 599 g/mol. The molecule has 13 nitrogen and oxygen atoms in total. The van der Waals surface area contributed by atoms with Crippen LogP contribution in [-0.4, -0.2) is 76.1 Å². The zero-order valence-corrected chi connectivity index (χ0v) is 25.3. The first-order chi connectivity index (χ1) is 19.7. The van der Waals surface area contributed by atoms with Gasteiger partial charge in [-0.2, -0.15) is 0 Å². The van der Waals surface area contributed by atoms with Crippen molar-refractivity contribution in [2.45, 2.75) is 129 Å². The number of aliphatic hydroxyl groups excluding tert-OH is 1. The fourth-order valence-corrected chi connectivity index (χ4v) is 7.02. The van der Waals surface area contributed by atoms with Gasteiger partial charge in [-0.1, -0.05) is 27.7 Å². The number of aliphatic hydroxyl groups is 1. The second-order valence-electron chi connectivity index (χ2n) is 13.1. The van der Waals surface area contributed by atoms with Crippen LogP contribution in [0.2, 0.25) is 0 Å². The molecular weight excluding hydrogens is 552 g/mol. The number of rotatable bonds is 11. The molecule has 1 saturated carbocycles. The van der Waals surface area contributed by atoms with Crippen LogP contribution in [0.15, 0.2) is 0 Å². The summed E-state index contributed by atoms with van der Waals surface area (Å²) in [5.41, 5.74) is -0.782. The Balaban J connectivity index is 1.35. The summed E-state index contributed by atoms with van der Waals surface area (Å²) in [6, 6.07) is -2.56. The van der Waals surface area contributed by atoms with Crippen molar-refractivity contribution in [2.75, 3.05) is 0 Å². The van der Waals surface area contributed by atoms with E-state index in [0.29, 0.717) is 12.3 Å². The summed E-state index contributed by atoms with van der Waals surface area (Å²) >= 11 is 0. The number of carboxylic acids is 1. The van der Waals surface area contributed by atoms with Gasteiger partial charge in [-0.25, -0.2) is 14.6 Å². The molecule has 5 aliphatic rings. The fraction of sp³-hybridized carbons (Fsp3) is 0.862. The van der Waals surface area contributed by atoms with Gasteiger partial charge in [0, 0.05) is 24.7 Å². The molecule has 0 aromatic carbocycles. The predicted molar refractivity (Wildman–Crippen MR) is 145 cm³/mol. The van der Waals surface area contributed by atoms with Crippen LogP contribution in [0, 0.1) is 29.6 Å². The summed E-state index contributed by atoms with van der Waals surface area (Å²) in [5, 5.41) is 23.8. The van der Waals surface area contributed by atoms with E-state index in [9.17, 15) is 29.4 Å². The molecule has 4 heterocycles. The molecule has 0 aromatic rings. The third-order valence-corrected chi connectivity index (χ3v) is 9.31. The van der Waals surface area contributed by atoms with Gasteiger partial charge in [-0.05, 0) is 57.3 Å². The number of carbonyl (C=O) groups is 4. The highest BCUT2D eigenvalue weighted by molar-refractivity contribution is 5.91. The van der Waals surface area contributed by atoms with Crippen molar-refractivity contribution in [3.8, 4) is 0 Å². The Hall–Kier alpha value is -2.32. The molecule has 0 radical (unpaired) electrons. The second-order valence-corrected chi connectivity index (χ2v) is 13.1. The van der Waals surface area contributed by atoms with Crippen molar-refractivity contribution in [1.82, 2.24) is 10.6 Å². The maximum absolute atomic E-state index is 12.9. The molecule has 4 aliphatic heterocycles. The van der Waals surface area contributed by atoms with Gasteiger partial charge < -0.3 is 35.1 Å². The molecule has 0 unspecified atom stereocenters. The highest BCUT2D eigenvalue weighted by Crippen LogP contribution is 2.60. The topological polar surface area (TPSA) is 179 Å². The van der Waals surface area contributed by atoms with E-state index >= 15 is 0 Å². The van der Waals surface area contributed by atoms with Crippen molar-refractivity contribution in [2.24, 2.45) is 29.6 Å². The summed E-state index contributed by atoms with van der Waals surface area (Å²) in [4.78, 5) is 61.6. The lowest BCUT2D eigenvalue weighted by Crippen LogP contribution is -2.70. The molecule has 238 valence electrons. The number of carboxylic acid groups (broad SMARTS) is 1. The van der Waals surface area contributed by atoms with E-state index in [1.807, 2.05) is 27.7 Å². The fourth-order valence-electron chi connectivity index (χ4n) is 7.02. The molecule has 0 aromatic heterocycles. The Morgan fingerprint density at radius 3 is 2.36 bits per heavy atom. The smallest absolute Gasteiger partial charge is 0.328 e. The number of hydrogen-bond acceptors (Lipinski definition) is 10. The molecule has 1 aliphatic carbocycles. The van der Waals surface area contributed by atoms with Crippen molar-refractivity contribution in [1.29, 1.82) is 0 Å². The molecule has 42 heavy (non-hydrogen) atoms. The number of fused-ring (bicyclic) bond motifs is 2. The van der Waals surface area contributed by atoms with Crippen LogP contribution in [-0.2, 0) is 43.2 Å². The van der Waals surface area contributed by atoms with E-state index in [0.717, 1.165) is 19.3 Å². The largest absolute Gasteiger partial charge is 0.480 e. The van der Waals surface area contributed by atoms with Gasteiger partial charge in [-0.15, -0.1) is 0 Å². The van der Waals surface area contributed by atoms with Crippen molar-refractivity contribution >= 4 is 23.8 Å². The molecule has 11 atom stereocenters. The minimum Gasteiger partial charge on any atom is -0.480 e. The van der Waals surface area contributed by atoms with Crippen molar-refractivity contribution in [3.05, 3.63) is 0 Å². The first kappa shape index (κ1) is 32.6. The first-order valence-corrected chi connectivity index (χ1v) is 15.1. The molecular formula is C29H46N2O11. The third-order valence-electron chi connectivity index (χ3n) is 9.31. The number of ether oxygens (including phenoxy) is 3. The van der Waals surface area contributed by atoms with Gasteiger partial charge in [0.2, 0.25) is 23.9 Å². The van der Waals surface area contributed by atoms with Gasteiger partial charge in [0.15, 0.2) is 17.9 Å². The number of esters is 1. The van der Waals surface area contributed by atoms with Crippen LogP contribution >= 0.6 is 0 Å². The Labute approximate surface area is 246 Å². The molecule has 13 heteroatoms. The molecule has 2 amide bonds. The molecule has 5 fully saturated rings. The highest BCUT2D eigenvalue weighted by Gasteiger charge is 2.69. The third kappa shape index (κ3) is 6.59. The Morgan fingerprint density at radius 2 is 1.71 bits per heavy atom. The number of aliphatic carboxylic acids is 1. The summed E-state index contributed by atoms with van der Waals surface area (Å²) in [6.45, 7) is 10.9. The predicted octanol–water partition coefficient (Wildman–Crippen LogP) is 2.00. The van der Waals surface area contributed by atoms with Gasteiger partial charge >= 0.3 is 11.9 Å². The lowest BCUT2D eigenvalue weighted by molar-refractivity contribution is -0.576. The van der Waals surface area contributed by atoms with E-state index in [4.69, 9.17) is 24.0 Å². The number of carbonyl (C=O) groups excluding carboxylic acids is 3. The van der Waals surface area contributed by atoms with E-state index < -0.39 is 65.9 Å². The maximum atomic E-state index is 12.9. The van der Waals surface area contributed by atoms with Gasteiger partial charge in [-0.3, -0.25) is 14.4 Å². The molecule has 2 bridgehead atoms. The summed E-state index contributed by atoms with van der Waals surface area (Å²) in [6.07, 6.45) is 0.133. The number of nitrogens with one attached hydrogen (secondary N) is 2. The molecule has 1 spiro atoms. The maximum Gasteiger partial charge on any atom is 0.328 e. The van der Waals surface area contributed by atoms with Gasteiger partial charge in [0.05, 0.1) is 12.5 Å². The minimum atomic E-state index is -1.52. The Kier molecular flexibility index (Phi) is 9.88. The van der Waals surface area contributed by atoms with Crippen LogP contribution in [0.4, 0.5) is 0 Å². The monoisotopic (exact) mass is 598 g/mol. The summed E-state index contributed by atoms with van der Waals surface area (Å²) in [5.74, 6) is -3.95. The molecule has 4 N–H and O–H groups in total. The van der Waals surface area contributed by atoms with E-state index in [1.54, 1.807) is 0 Å². The van der Waals surface area contributed by atoms with Crippen molar-refractivity contribution in [3.63, 3.8) is 0 Å². The van der Waals surface area contributed by atoms with Crippen LogP contribution in [0.25, 0.3) is 0 Å². The van der Waals surface area contributed by atoms with Crippen LogP contribution < -0.4 is 10.6 Å². The zero-order chi connectivity index (χ0) is 31.0. The van der Waals surface area contributed by atoms with E-state index in [1.165, 1.54) is 6.92 Å². The standard InChI is InChI=1S/C29H46N2O11/c1-14(2)13-20(24(35)31-23(17(5)32)25(36)37)30-21(33)9-10-22(34)38-26-16(4)19-8-7-15(3)18-11-12-28(6)40-27(39-26)29(18,19)42-41-28/h14-20,23,26-27,32H,7-13H2,1-6H3,(H,30,33)(H,31,35)(H,36,37)/t15-,16+,17-,18+,19-,20+,23-,26-,27+,28-,29-/m1/s1. The lowest BCUT2D eigenvalue weighted by atomic mass is 9.58. The van der Waals surface area contributed by atoms with Crippen LogP contribution in [0.5, 0.6) is 0 Å². The quantitative estimate of drug-likeness (QED) is 0.202. The SMILES string of the molecule is CC(C)C[C@H](NC(=O)CCC(=O)O[C@@H]1O[C@H]2O[C@@]3(C)CC[C@H]4[C@H](C)CC[C@H]([C@@H]1C)[C@@]24OO3)C(=O)N[C@@H](C(=O)O)[C@@H](C)O. The average Bonchev–Trinajstić information content (AvgIpc) is 3.13. The Morgan fingerprint density at radius 1 is 1.00 bits per heavy atom. The Bertz CT molecular complexity index is 1040. The zero-order valence-electron chi connectivity index (χ0n) is 25.3. The normalized spacial score (nSPS) is 37.5. The number of hydrogen-bond donors (Lipinski definition) is 4. The summed E-state index contributed by atoms with van der Waals surface area (Å²) < 4.78 is 18.3. The first-order valence-electron chi connectivity index (χ1n) is 15.1. The molecule has 4 saturated heterocycles. The van der Waals surface area contributed by atoms with Gasteiger partial charge in [0.1, 0.15) is 6.04 Å². The van der Waals surface area contributed by atoms with Crippen molar-refractivity contribution < 1.29 is 53.4 Å². The number of amides is 2. The van der Waals surface area contributed by atoms with E-state index in [2.05, 4.69) is 17.6 Å². The van der Waals surface area contributed by atoms with Crippen LogP contribution in [0.1, 0.15) is 86.5 Å². The minimum absolute atomic E-state index is 0.00504. The molecule has 5 rings (SSSR count). The summed E-state index contributed by atoms with van der Waals surface area (Å²) in [7, 11) is 0. The van der Waals surface area contributed by atoms with Crippen LogP contribution in [0.3, 0.4) is 0 Å². The second kappa shape index (κ2) is 12.7.